The molecule has 4 heteroatoms. The van der Waals surface area contributed by atoms with Gasteiger partial charge in [0.25, 0.3) is 0 Å². The summed E-state index contributed by atoms with van der Waals surface area (Å²) < 4.78 is 0. The fourth-order valence-corrected chi connectivity index (χ4v) is 3.70. The van der Waals surface area contributed by atoms with Crippen molar-refractivity contribution in [2.45, 2.75) is 44.4 Å². The molecule has 0 aliphatic heterocycles. The number of anilines is 1. The van der Waals surface area contributed by atoms with Gasteiger partial charge in [0.2, 0.25) is 0 Å². The van der Waals surface area contributed by atoms with E-state index in [4.69, 9.17) is 17.3 Å². The SMILES string of the molecule is CCC1(c2[nH]nc(N)c2-c2cccc(Cl)c2)CCCC1. The molecule has 2 aromatic rings. The smallest absolute Gasteiger partial charge is 0.153 e. The molecule has 1 saturated carbocycles. The van der Waals surface area contributed by atoms with Crippen molar-refractivity contribution in [3.05, 3.63) is 35.0 Å². The molecule has 20 heavy (non-hydrogen) atoms. The van der Waals surface area contributed by atoms with Crippen LogP contribution in [0, 0.1) is 0 Å². The summed E-state index contributed by atoms with van der Waals surface area (Å²) in [4.78, 5) is 0. The number of hydrogen-bond donors (Lipinski definition) is 2. The predicted octanol–water partition coefficient (Wildman–Crippen LogP) is 4.53. The molecule has 0 radical (unpaired) electrons. The van der Waals surface area contributed by atoms with E-state index in [-0.39, 0.29) is 5.41 Å². The van der Waals surface area contributed by atoms with Gasteiger partial charge in [-0.25, -0.2) is 0 Å². The third-order valence-corrected chi connectivity index (χ3v) is 4.91. The lowest BCUT2D eigenvalue weighted by molar-refractivity contribution is 0.413. The van der Waals surface area contributed by atoms with E-state index in [0.717, 1.165) is 22.6 Å². The molecular formula is C16H20ClN3. The molecule has 1 aromatic heterocycles. The molecule has 106 valence electrons. The second-order valence-electron chi connectivity index (χ2n) is 5.71. The van der Waals surface area contributed by atoms with Crippen molar-refractivity contribution >= 4 is 17.4 Å². The fraction of sp³-hybridized carbons (Fsp3) is 0.438. The zero-order valence-electron chi connectivity index (χ0n) is 11.7. The maximum absolute atomic E-state index is 6.12. The van der Waals surface area contributed by atoms with Gasteiger partial charge in [-0.3, -0.25) is 5.10 Å². The summed E-state index contributed by atoms with van der Waals surface area (Å²) in [5.74, 6) is 0.571. The number of aromatic amines is 1. The van der Waals surface area contributed by atoms with Gasteiger partial charge < -0.3 is 5.73 Å². The van der Waals surface area contributed by atoms with Crippen LogP contribution in [0.5, 0.6) is 0 Å². The molecule has 0 unspecified atom stereocenters. The van der Waals surface area contributed by atoms with Gasteiger partial charge in [-0.05, 0) is 37.0 Å². The Morgan fingerprint density at radius 1 is 1.35 bits per heavy atom. The van der Waals surface area contributed by atoms with Crippen molar-refractivity contribution in [2.24, 2.45) is 0 Å². The van der Waals surface area contributed by atoms with Gasteiger partial charge in [-0.1, -0.05) is 43.5 Å². The van der Waals surface area contributed by atoms with Crippen LogP contribution in [-0.4, -0.2) is 10.2 Å². The largest absolute Gasteiger partial charge is 0.382 e. The lowest BCUT2D eigenvalue weighted by atomic mass is 9.77. The topological polar surface area (TPSA) is 54.7 Å². The Balaban J connectivity index is 2.15. The zero-order chi connectivity index (χ0) is 14.2. The van der Waals surface area contributed by atoms with Gasteiger partial charge in [0.1, 0.15) is 0 Å². The first-order valence-corrected chi connectivity index (χ1v) is 7.64. The van der Waals surface area contributed by atoms with Gasteiger partial charge in [0.05, 0.1) is 5.69 Å². The van der Waals surface area contributed by atoms with Crippen molar-refractivity contribution < 1.29 is 0 Å². The number of H-pyrrole nitrogens is 1. The van der Waals surface area contributed by atoms with E-state index >= 15 is 0 Å². The Bertz CT molecular complexity index is 612. The van der Waals surface area contributed by atoms with Gasteiger partial charge >= 0.3 is 0 Å². The molecule has 1 aliphatic carbocycles. The number of rotatable bonds is 3. The highest BCUT2D eigenvalue weighted by Crippen LogP contribution is 2.47. The lowest BCUT2D eigenvalue weighted by Gasteiger charge is -2.27. The number of aromatic nitrogens is 2. The van der Waals surface area contributed by atoms with Crippen LogP contribution in [0.15, 0.2) is 24.3 Å². The number of halogens is 1. The molecule has 0 amide bonds. The number of nitrogens with zero attached hydrogens (tertiary/aromatic N) is 1. The van der Waals surface area contributed by atoms with Crippen molar-refractivity contribution in [2.75, 3.05) is 5.73 Å². The van der Waals surface area contributed by atoms with Gasteiger partial charge in [-0.15, -0.1) is 0 Å². The molecule has 3 rings (SSSR count). The number of nitrogens with one attached hydrogen (secondary N) is 1. The maximum Gasteiger partial charge on any atom is 0.153 e. The lowest BCUT2D eigenvalue weighted by Crippen LogP contribution is -2.22. The van der Waals surface area contributed by atoms with Crippen LogP contribution < -0.4 is 5.73 Å². The van der Waals surface area contributed by atoms with Gasteiger partial charge in [-0.2, -0.15) is 5.10 Å². The molecule has 1 heterocycles. The second-order valence-corrected chi connectivity index (χ2v) is 6.15. The molecule has 0 atom stereocenters. The first-order valence-electron chi connectivity index (χ1n) is 7.26. The average Bonchev–Trinajstić information content (AvgIpc) is 3.06. The van der Waals surface area contributed by atoms with Gasteiger partial charge in [0, 0.05) is 16.0 Å². The Labute approximate surface area is 124 Å². The first kappa shape index (κ1) is 13.5. The fourth-order valence-electron chi connectivity index (χ4n) is 3.51. The van der Waals surface area contributed by atoms with Gasteiger partial charge in [0.15, 0.2) is 5.82 Å². The summed E-state index contributed by atoms with van der Waals surface area (Å²) in [5.41, 5.74) is 9.60. The Morgan fingerprint density at radius 3 is 2.75 bits per heavy atom. The van der Waals surface area contributed by atoms with Crippen LogP contribution in [0.25, 0.3) is 11.1 Å². The normalized spacial score (nSPS) is 17.5. The molecule has 3 N–H and O–H groups in total. The standard InChI is InChI=1S/C16H20ClN3/c1-2-16(8-3-4-9-16)14-13(15(18)20-19-14)11-6-5-7-12(17)10-11/h5-7,10H,2-4,8-9H2,1H3,(H3,18,19,20). The number of hydrogen-bond acceptors (Lipinski definition) is 2. The number of nitrogen functional groups attached to an aromatic ring is 1. The average molecular weight is 290 g/mol. The van der Waals surface area contributed by atoms with E-state index in [1.807, 2.05) is 18.2 Å². The summed E-state index contributed by atoms with van der Waals surface area (Å²) in [6, 6.07) is 7.85. The molecule has 0 spiro atoms. The number of benzene rings is 1. The molecule has 0 bridgehead atoms. The predicted molar refractivity (Wildman–Crippen MR) is 83.9 cm³/mol. The minimum absolute atomic E-state index is 0.197. The third kappa shape index (κ3) is 2.10. The summed E-state index contributed by atoms with van der Waals surface area (Å²) in [6.45, 7) is 2.25. The van der Waals surface area contributed by atoms with E-state index in [1.165, 1.54) is 31.4 Å². The van der Waals surface area contributed by atoms with Crippen molar-refractivity contribution in [3.63, 3.8) is 0 Å². The molecule has 1 fully saturated rings. The van der Waals surface area contributed by atoms with E-state index in [1.54, 1.807) is 0 Å². The van der Waals surface area contributed by atoms with Crippen LogP contribution >= 0.6 is 11.6 Å². The Kier molecular flexibility index (Phi) is 3.47. The van der Waals surface area contributed by atoms with E-state index in [9.17, 15) is 0 Å². The van der Waals surface area contributed by atoms with Crippen molar-refractivity contribution in [3.8, 4) is 11.1 Å². The molecule has 1 aromatic carbocycles. The summed E-state index contributed by atoms with van der Waals surface area (Å²) in [6.07, 6.45) is 6.09. The van der Waals surface area contributed by atoms with Crippen LogP contribution in [0.1, 0.15) is 44.7 Å². The number of nitrogens with two attached hydrogens (primary N) is 1. The van der Waals surface area contributed by atoms with Crippen LogP contribution in [0.2, 0.25) is 5.02 Å². The highest BCUT2D eigenvalue weighted by atomic mass is 35.5. The van der Waals surface area contributed by atoms with Crippen molar-refractivity contribution in [1.82, 2.24) is 10.2 Å². The van der Waals surface area contributed by atoms with Crippen LogP contribution in [-0.2, 0) is 5.41 Å². The third-order valence-electron chi connectivity index (χ3n) is 4.68. The molecular weight excluding hydrogens is 270 g/mol. The molecule has 3 nitrogen and oxygen atoms in total. The minimum atomic E-state index is 0.197. The second kappa shape index (κ2) is 5.13. The van der Waals surface area contributed by atoms with Crippen LogP contribution in [0.4, 0.5) is 5.82 Å². The summed E-state index contributed by atoms with van der Waals surface area (Å²) >= 11 is 6.12. The highest BCUT2D eigenvalue weighted by Gasteiger charge is 2.38. The van der Waals surface area contributed by atoms with E-state index in [2.05, 4.69) is 23.2 Å². The van der Waals surface area contributed by atoms with Crippen molar-refractivity contribution in [1.29, 1.82) is 0 Å². The maximum atomic E-state index is 6.12. The monoisotopic (exact) mass is 289 g/mol. The van der Waals surface area contributed by atoms with E-state index < -0.39 is 0 Å². The van der Waals surface area contributed by atoms with E-state index in [0.29, 0.717) is 5.82 Å². The first-order chi connectivity index (χ1) is 9.66. The Morgan fingerprint density at radius 2 is 2.10 bits per heavy atom. The minimum Gasteiger partial charge on any atom is -0.382 e. The molecule has 1 aliphatic rings. The highest BCUT2D eigenvalue weighted by molar-refractivity contribution is 6.30. The molecule has 0 saturated heterocycles. The Hall–Kier alpha value is -1.48. The summed E-state index contributed by atoms with van der Waals surface area (Å²) in [5, 5.41) is 8.21. The zero-order valence-corrected chi connectivity index (χ0v) is 12.5. The quantitative estimate of drug-likeness (QED) is 0.872. The van der Waals surface area contributed by atoms with Crippen LogP contribution in [0.3, 0.4) is 0 Å². The summed E-state index contributed by atoms with van der Waals surface area (Å²) in [7, 11) is 0.